The molecule has 2 aliphatic rings. The molecule has 112 valence electrons. The summed E-state index contributed by atoms with van der Waals surface area (Å²) in [5, 5.41) is 10.8. The molecule has 20 heavy (non-hydrogen) atoms. The smallest absolute Gasteiger partial charge is 0.410 e. The molecule has 6 nitrogen and oxygen atoms in total. The number of hydrogen-bond acceptors (Lipinski definition) is 4. The van der Waals surface area contributed by atoms with Gasteiger partial charge >= 0.3 is 6.09 Å². The number of piperidine rings is 1. The van der Waals surface area contributed by atoms with Gasteiger partial charge in [-0.05, 0) is 44.6 Å². The Kier molecular flexibility index (Phi) is 3.75. The van der Waals surface area contributed by atoms with Crippen molar-refractivity contribution in [2.75, 3.05) is 13.1 Å². The summed E-state index contributed by atoms with van der Waals surface area (Å²) < 4.78 is 5.33. The largest absolute Gasteiger partial charge is 0.444 e. The van der Waals surface area contributed by atoms with Gasteiger partial charge in [-0.2, -0.15) is 0 Å². The first kappa shape index (κ1) is 14.8. The van der Waals surface area contributed by atoms with E-state index in [-0.39, 0.29) is 22.6 Å². The number of allylic oxidation sites excluding steroid dienone is 2. The van der Waals surface area contributed by atoms with Crippen LogP contribution in [-0.4, -0.2) is 34.6 Å². The molecule has 1 saturated carbocycles. The van der Waals surface area contributed by atoms with Crippen molar-refractivity contribution in [2.45, 2.75) is 39.7 Å². The Bertz CT molecular complexity index is 441. The molecular weight excluding hydrogens is 260 g/mol. The lowest BCUT2D eigenvalue weighted by atomic mass is 10.2. The second-order valence-corrected chi connectivity index (χ2v) is 6.56. The van der Waals surface area contributed by atoms with Crippen molar-refractivity contribution in [2.24, 2.45) is 17.8 Å². The van der Waals surface area contributed by atoms with Gasteiger partial charge in [0, 0.05) is 19.5 Å². The molecule has 0 radical (unpaired) electrons. The van der Waals surface area contributed by atoms with Gasteiger partial charge in [0.25, 0.3) is 0 Å². The van der Waals surface area contributed by atoms with E-state index >= 15 is 0 Å². The zero-order valence-electron chi connectivity index (χ0n) is 12.5. The minimum Gasteiger partial charge on any atom is -0.444 e. The third kappa shape index (κ3) is 3.11. The summed E-state index contributed by atoms with van der Waals surface area (Å²) in [4.78, 5) is 24.1. The fourth-order valence-electron chi connectivity index (χ4n) is 2.83. The maximum Gasteiger partial charge on any atom is 0.410 e. The Hall–Kier alpha value is -1.59. The molecule has 0 aromatic rings. The van der Waals surface area contributed by atoms with Gasteiger partial charge in [-0.25, -0.2) is 4.79 Å². The average molecular weight is 282 g/mol. The normalized spacial score (nSPS) is 29.1. The van der Waals surface area contributed by atoms with E-state index in [4.69, 9.17) is 4.74 Å². The molecule has 2 rings (SSSR count). The SMILES string of the molecule is CC/C(=C\C1[C@H]2CN(C(=O)OC(C)(C)C)C[C@@H]12)[N+](=O)[O-]. The number of nitro groups is 1. The van der Waals surface area contributed by atoms with E-state index in [1.807, 2.05) is 20.8 Å². The van der Waals surface area contributed by atoms with Crippen molar-refractivity contribution in [1.29, 1.82) is 0 Å². The zero-order chi connectivity index (χ0) is 15.1. The summed E-state index contributed by atoms with van der Waals surface area (Å²) in [6.07, 6.45) is 1.94. The van der Waals surface area contributed by atoms with Crippen LogP contribution in [0.25, 0.3) is 0 Å². The number of carbonyl (C=O) groups excluding carboxylic acids is 1. The highest BCUT2D eigenvalue weighted by Crippen LogP contribution is 2.53. The third-order valence-corrected chi connectivity index (χ3v) is 3.89. The second-order valence-electron chi connectivity index (χ2n) is 6.56. The van der Waals surface area contributed by atoms with Crippen molar-refractivity contribution in [3.8, 4) is 0 Å². The highest BCUT2D eigenvalue weighted by Gasteiger charge is 2.56. The van der Waals surface area contributed by atoms with Crippen LogP contribution < -0.4 is 0 Å². The van der Waals surface area contributed by atoms with E-state index in [0.29, 0.717) is 31.3 Å². The van der Waals surface area contributed by atoms with Gasteiger partial charge in [-0.15, -0.1) is 0 Å². The van der Waals surface area contributed by atoms with Crippen LogP contribution in [0.15, 0.2) is 11.8 Å². The monoisotopic (exact) mass is 282 g/mol. The van der Waals surface area contributed by atoms with Gasteiger partial charge in [0.1, 0.15) is 5.60 Å². The quantitative estimate of drug-likeness (QED) is 0.589. The molecule has 3 atom stereocenters. The van der Waals surface area contributed by atoms with Crippen LogP contribution in [-0.2, 0) is 4.74 Å². The first-order valence-corrected chi connectivity index (χ1v) is 7.06. The zero-order valence-corrected chi connectivity index (χ0v) is 12.5. The van der Waals surface area contributed by atoms with Crippen LogP contribution in [0, 0.1) is 27.9 Å². The number of likely N-dealkylation sites (tertiary alicyclic amines) is 1. The molecule has 0 aromatic heterocycles. The molecule has 1 heterocycles. The predicted molar refractivity (Wildman–Crippen MR) is 73.6 cm³/mol. The molecule has 1 unspecified atom stereocenters. The topological polar surface area (TPSA) is 72.7 Å². The first-order valence-electron chi connectivity index (χ1n) is 7.06. The fourth-order valence-corrected chi connectivity index (χ4v) is 2.83. The Morgan fingerprint density at radius 3 is 2.35 bits per heavy atom. The number of nitrogens with zero attached hydrogens (tertiary/aromatic N) is 2. The molecule has 1 saturated heterocycles. The van der Waals surface area contributed by atoms with E-state index in [2.05, 4.69) is 0 Å². The van der Waals surface area contributed by atoms with Gasteiger partial charge in [0.2, 0.25) is 5.70 Å². The average Bonchev–Trinajstić information content (AvgIpc) is 2.76. The number of amides is 1. The predicted octanol–water partition coefficient (Wildman–Crippen LogP) is 2.67. The van der Waals surface area contributed by atoms with Crippen LogP contribution >= 0.6 is 0 Å². The lowest BCUT2D eigenvalue weighted by Gasteiger charge is -2.25. The van der Waals surface area contributed by atoms with Crippen molar-refractivity contribution in [3.63, 3.8) is 0 Å². The van der Waals surface area contributed by atoms with Gasteiger partial charge in [-0.1, -0.05) is 6.92 Å². The van der Waals surface area contributed by atoms with Crippen LogP contribution in [0.1, 0.15) is 34.1 Å². The Morgan fingerprint density at radius 1 is 1.40 bits per heavy atom. The lowest BCUT2D eigenvalue weighted by molar-refractivity contribution is -0.428. The van der Waals surface area contributed by atoms with E-state index in [1.165, 1.54) is 0 Å². The Morgan fingerprint density at radius 2 is 1.95 bits per heavy atom. The van der Waals surface area contributed by atoms with Crippen LogP contribution in [0.4, 0.5) is 4.79 Å². The lowest BCUT2D eigenvalue weighted by Crippen LogP contribution is -2.37. The highest BCUT2D eigenvalue weighted by molar-refractivity contribution is 5.69. The standard InChI is InChI=1S/C14H22N2O4/c1-5-9(16(18)19)6-10-11-7-15(8-12(10)11)13(17)20-14(2,3)4/h6,10-12H,5,7-8H2,1-4H3/b9-6+/t10?,11-,12+. The molecule has 0 aromatic carbocycles. The van der Waals surface area contributed by atoms with Crippen molar-refractivity contribution >= 4 is 6.09 Å². The summed E-state index contributed by atoms with van der Waals surface area (Å²) in [5.74, 6) is 0.988. The molecule has 1 aliphatic carbocycles. The van der Waals surface area contributed by atoms with E-state index < -0.39 is 5.60 Å². The summed E-state index contributed by atoms with van der Waals surface area (Å²) >= 11 is 0. The first-order chi connectivity index (χ1) is 9.23. The Labute approximate surface area is 118 Å². The summed E-state index contributed by atoms with van der Waals surface area (Å²) in [5.41, 5.74) is -0.197. The maximum absolute atomic E-state index is 11.9. The molecule has 2 fully saturated rings. The van der Waals surface area contributed by atoms with Crippen LogP contribution in [0.3, 0.4) is 0 Å². The number of carbonyl (C=O) groups is 1. The van der Waals surface area contributed by atoms with Gasteiger partial charge in [-0.3, -0.25) is 10.1 Å². The van der Waals surface area contributed by atoms with Crippen molar-refractivity contribution in [3.05, 3.63) is 21.9 Å². The Balaban J connectivity index is 1.88. The van der Waals surface area contributed by atoms with E-state index in [0.717, 1.165) is 0 Å². The molecule has 1 aliphatic heterocycles. The summed E-state index contributed by atoms with van der Waals surface area (Å²) in [7, 11) is 0. The summed E-state index contributed by atoms with van der Waals surface area (Å²) in [6, 6.07) is 0. The highest BCUT2D eigenvalue weighted by atomic mass is 16.6. The number of rotatable bonds is 3. The number of ether oxygens (including phenoxy) is 1. The van der Waals surface area contributed by atoms with Gasteiger partial charge in [0.05, 0.1) is 4.92 Å². The van der Waals surface area contributed by atoms with E-state index in [1.54, 1.807) is 17.9 Å². The molecule has 1 amide bonds. The van der Waals surface area contributed by atoms with Gasteiger partial charge in [0.15, 0.2) is 0 Å². The van der Waals surface area contributed by atoms with Crippen molar-refractivity contribution in [1.82, 2.24) is 4.90 Å². The second kappa shape index (κ2) is 5.07. The van der Waals surface area contributed by atoms with Crippen LogP contribution in [0.2, 0.25) is 0 Å². The van der Waals surface area contributed by atoms with Crippen LogP contribution in [0.5, 0.6) is 0 Å². The summed E-state index contributed by atoms with van der Waals surface area (Å²) in [6.45, 7) is 8.62. The molecule has 6 heteroatoms. The molecule has 0 spiro atoms. The molecule has 0 bridgehead atoms. The van der Waals surface area contributed by atoms with Crippen molar-refractivity contribution < 1.29 is 14.5 Å². The van der Waals surface area contributed by atoms with E-state index in [9.17, 15) is 14.9 Å². The number of hydrogen-bond donors (Lipinski definition) is 0. The minimum atomic E-state index is -0.482. The fraction of sp³-hybridized carbons (Fsp3) is 0.786. The maximum atomic E-state index is 11.9. The molecular formula is C14H22N2O4. The molecule has 0 N–H and O–H groups in total. The number of fused-ring (bicyclic) bond motifs is 1. The third-order valence-electron chi connectivity index (χ3n) is 3.89. The minimum absolute atomic E-state index is 0.258. The van der Waals surface area contributed by atoms with Gasteiger partial charge < -0.3 is 9.64 Å².